The lowest BCUT2D eigenvalue weighted by Crippen LogP contribution is -2.13. The quantitative estimate of drug-likeness (QED) is 0.625. The highest BCUT2D eigenvalue weighted by atomic mass is 31.3. The summed E-state index contributed by atoms with van der Waals surface area (Å²) in [5.74, 6) is 0. The first-order valence-corrected chi connectivity index (χ1v) is 8.01. The van der Waals surface area contributed by atoms with E-state index in [1.54, 1.807) is 6.66 Å². The van der Waals surface area contributed by atoms with E-state index in [9.17, 15) is 0 Å². The first-order chi connectivity index (χ1) is 5.68. The molecule has 80 valence electrons. The molecule has 0 amide bonds. The highest BCUT2D eigenvalue weighted by molar-refractivity contribution is 7.75. The van der Waals surface area contributed by atoms with Crippen LogP contribution in [0.3, 0.4) is 0 Å². The lowest BCUT2D eigenvalue weighted by Gasteiger charge is -2.18. The van der Waals surface area contributed by atoms with Crippen molar-refractivity contribution in [3.63, 3.8) is 0 Å². The summed E-state index contributed by atoms with van der Waals surface area (Å²) in [6.07, 6.45) is 0.593. The van der Waals surface area contributed by atoms with Crippen LogP contribution in [0.1, 0.15) is 20.8 Å². The van der Waals surface area contributed by atoms with E-state index in [4.69, 9.17) is 24.1 Å². The standard InChI is InChI=1S/C6H19NO4P2/c1-5-12(4,10-6(2)3)11-13(7,8)9/h6,8-9H,5,7H2,1-4H3/q+2. The molecule has 0 heterocycles. The Kier molecular flexibility index (Phi) is 5.19. The van der Waals surface area contributed by atoms with Crippen LogP contribution >= 0.6 is 15.8 Å². The van der Waals surface area contributed by atoms with Crippen LogP contribution in [0.25, 0.3) is 0 Å². The Morgan fingerprint density at radius 2 is 1.85 bits per heavy atom. The van der Waals surface area contributed by atoms with Gasteiger partial charge in [0.15, 0.2) is 0 Å². The Morgan fingerprint density at radius 1 is 1.38 bits per heavy atom. The molecule has 0 aromatic carbocycles. The minimum atomic E-state index is -3.69. The number of hydrogen-bond acceptors (Lipinski definition) is 5. The normalized spacial score (nSPS) is 17.5. The lowest BCUT2D eigenvalue weighted by atomic mass is 10.5. The SMILES string of the molecule is CC[P+](C)(OC(C)C)O[P+](N)(O)O. The third kappa shape index (κ3) is 6.69. The van der Waals surface area contributed by atoms with Crippen molar-refractivity contribution in [2.75, 3.05) is 12.8 Å². The highest BCUT2D eigenvalue weighted by Gasteiger charge is 2.51. The van der Waals surface area contributed by atoms with Crippen LogP contribution in [0.2, 0.25) is 0 Å². The minimum absolute atomic E-state index is 0.00941. The van der Waals surface area contributed by atoms with Crippen LogP contribution in [0.15, 0.2) is 0 Å². The van der Waals surface area contributed by atoms with Crippen molar-refractivity contribution in [3.8, 4) is 0 Å². The molecule has 0 aliphatic rings. The zero-order valence-corrected chi connectivity index (χ0v) is 10.3. The Hall–Kier alpha value is 0.660. The second-order valence-electron chi connectivity index (χ2n) is 3.16. The predicted octanol–water partition coefficient (Wildman–Crippen LogP) is 1.55. The van der Waals surface area contributed by atoms with Gasteiger partial charge in [-0.25, -0.2) is 0 Å². The molecular formula is C6H19NO4P2+2. The molecule has 0 radical (unpaired) electrons. The van der Waals surface area contributed by atoms with E-state index in [0.717, 1.165) is 0 Å². The summed E-state index contributed by atoms with van der Waals surface area (Å²) in [4.78, 5) is 17.9. The van der Waals surface area contributed by atoms with Gasteiger partial charge in [-0.1, -0.05) is 0 Å². The first-order valence-electron chi connectivity index (χ1n) is 4.07. The monoisotopic (exact) mass is 231 g/mol. The summed E-state index contributed by atoms with van der Waals surface area (Å²) in [5, 5.41) is 0. The average molecular weight is 231 g/mol. The molecule has 1 unspecified atom stereocenters. The molecule has 0 spiro atoms. The van der Waals surface area contributed by atoms with Gasteiger partial charge < -0.3 is 0 Å². The molecule has 0 aromatic heterocycles. The maximum absolute atomic E-state index is 8.97. The van der Waals surface area contributed by atoms with E-state index in [-0.39, 0.29) is 6.10 Å². The summed E-state index contributed by atoms with van der Waals surface area (Å²) < 4.78 is 10.5. The van der Waals surface area contributed by atoms with Gasteiger partial charge in [-0.3, -0.25) is 0 Å². The molecule has 0 fully saturated rings. The van der Waals surface area contributed by atoms with Crippen LogP contribution in [0.4, 0.5) is 0 Å². The second kappa shape index (κ2) is 4.94. The van der Waals surface area contributed by atoms with Gasteiger partial charge in [-0.2, -0.15) is 14.3 Å². The van der Waals surface area contributed by atoms with Gasteiger partial charge in [-0.15, -0.1) is 5.50 Å². The molecule has 0 saturated carbocycles. The van der Waals surface area contributed by atoms with Crippen molar-refractivity contribution < 1.29 is 18.6 Å². The Labute approximate surface area is 80.4 Å². The minimum Gasteiger partial charge on any atom is -0.199 e. The maximum atomic E-state index is 8.97. The topological polar surface area (TPSA) is 84.9 Å². The molecule has 0 saturated heterocycles. The molecule has 0 aliphatic carbocycles. The van der Waals surface area contributed by atoms with E-state index < -0.39 is 15.8 Å². The number of rotatable bonds is 5. The second-order valence-corrected chi connectivity index (χ2v) is 7.86. The van der Waals surface area contributed by atoms with E-state index in [1.165, 1.54) is 0 Å². The molecular weight excluding hydrogens is 212 g/mol. The van der Waals surface area contributed by atoms with Crippen molar-refractivity contribution in [2.24, 2.45) is 5.50 Å². The van der Waals surface area contributed by atoms with Crippen molar-refractivity contribution >= 4 is 15.8 Å². The lowest BCUT2D eigenvalue weighted by molar-refractivity contribution is 0.221. The van der Waals surface area contributed by atoms with Crippen molar-refractivity contribution in [3.05, 3.63) is 0 Å². The fourth-order valence-electron chi connectivity index (χ4n) is 0.852. The van der Waals surface area contributed by atoms with Crippen LogP contribution in [-0.2, 0) is 8.83 Å². The summed E-state index contributed by atoms with van der Waals surface area (Å²) in [5.41, 5.74) is 5.02. The van der Waals surface area contributed by atoms with Gasteiger partial charge in [0.05, 0.1) is 6.10 Å². The van der Waals surface area contributed by atoms with Gasteiger partial charge >= 0.3 is 15.8 Å². The summed E-state index contributed by atoms with van der Waals surface area (Å²) in [7, 11) is -5.89. The van der Waals surface area contributed by atoms with Crippen molar-refractivity contribution in [1.82, 2.24) is 0 Å². The molecule has 0 bridgehead atoms. The van der Waals surface area contributed by atoms with Gasteiger partial charge in [0.25, 0.3) is 0 Å². The molecule has 1 atom stereocenters. The number of hydrogen-bond donors (Lipinski definition) is 3. The van der Waals surface area contributed by atoms with Crippen LogP contribution in [0.5, 0.6) is 0 Å². The molecule has 13 heavy (non-hydrogen) atoms. The van der Waals surface area contributed by atoms with E-state index in [1.807, 2.05) is 20.8 Å². The third-order valence-electron chi connectivity index (χ3n) is 1.30. The Bertz CT molecular complexity index is 161. The van der Waals surface area contributed by atoms with E-state index in [0.29, 0.717) is 6.16 Å². The molecule has 7 heteroatoms. The van der Waals surface area contributed by atoms with Gasteiger partial charge in [0.2, 0.25) is 0 Å². The van der Waals surface area contributed by atoms with Crippen molar-refractivity contribution in [2.45, 2.75) is 26.9 Å². The molecule has 5 nitrogen and oxygen atoms in total. The van der Waals surface area contributed by atoms with Crippen LogP contribution in [-0.4, -0.2) is 28.7 Å². The van der Waals surface area contributed by atoms with Crippen molar-refractivity contribution in [1.29, 1.82) is 0 Å². The summed E-state index contributed by atoms with van der Waals surface area (Å²) in [6, 6.07) is 0. The van der Waals surface area contributed by atoms with E-state index >= 15 is 0 Å². The Balaban J connectivity index is 4.28. The zero-order valence-electron chi connectivity index (χ0n) is 8.47. The smallest absolute Gasteiger partial charge is 0.199 e. The van der Waals surface area contributed by atoms with Gasteiger partial charge in [0.1, 0.15) is 12.8 Å². The molecule has 4 N–H and O–H groups in total. The van der Waals surface area contributed by atoms with Crippen LogP contribution in [0, 0.1) is 0 Å². The summed E-state index contributed by atoms with van der Waals surface area (Å²) >= 11 is 0. The third-order valence-corrected chi connectivity index (χ3v) is 5.66. The largest absolute Gasteiger partial charge is 0.538 e. The molecule has 0 rings (SSSR count). The zero-order chi connectivity index (χ0) is 10.7. The van der Waals surface area contributed by atoms with Gasteiger partial charge in [0, 0.05) is 4.31 Å². The number of nitrogens with two attached hydrogens (primary N) is 1. The first kappa shape index (κ1) is 13.7. The fourth-order valence-corrected chi connectivity index (χ4v) is 4.54. The van der Waals surface area contributed by atoms with E-state index in [2.05, 4.69) is 0 Å². The predicted molar refractivity (Wildman–Crippen MR) is 56.2 cm³/mol. The fraction of sp³-hybridized carbons (Fsp3) is 1.00. The Morgan fingerprint density at radius 3 is 2.08 bits per heavy atom. The molecule has 0 aromatic rings. The maximum Gasteiger partial charge on any atom is 0.538 e. The highest BCUT2D eigenvalue weighted by Crippen LogP contribution is 2.68. The summed E-state index contributed by atoms with van der Waals surface area (Å²) in [6.45, 7) is 7.33. The molecule has 0 aliphatic heterocycles. The average Bonchev–Trinajstić information content (AvgIpc) is 1.81. The van der Waals surface area contributed by atoms with Gasteiger partial charge in [-0.05, 0) is 20.8 Å². The van der Waals surface area contributed by atoms with Crippen LogP contribution < -0.4 is 5.50 Å².